The van der Waals surface area contributed by atoms with Crippen LogP contribution in [-0.2, 0) is 0 Å². The maximum absolute atomic E-state index is 12.0. The summed E-state index contributed by atoms with van der Waals surface area (Å²) in [5.41, 5.74) is 1.69. The van der Waals surface area contributed by atoms with Crippen LogP contribution >= 0.6 is 23.4 Å². The predicted molar refractivity (Wildman–Crippen MR) is 98.9 cm³/mol. The first-order chi connectivity index (χ1) is 11.1. The lowest BCUT2D eigenvalue weighted by molar-refractivity contribution is 0.237. The number of hydrogen-bond donors (Lipinski definition) is 3. The Hall–Kier alpha value is -1.11. The van der Waals surface area contributed by atoms with Gasteiger partial charge in [0.15, 0.2) is 0 Å². The standard InChI is InChI=1S/C16H24ClN3O2S/c1-2-12(5-8-21)18-16(22)19-13-3-4-15(14(17)11-13)20-6-9-23-10-7-20/h3-4,11-12,21H,2,5-10H2,1H3,(H2,18,19,22). The van der Waals surface area contributed by atoms with Crippen molar-refractivity contribution in [2.75, 3.05) is 41.4 Å². The van der Waals surface area contributed by atoms with Gasteiger partial charge in [0.2, 0.25) is 0 Å². The summed E-state index contributed by atoms with van der Waals surface area (Å²) in [4.78, 5) is 14.3. The summed E-state index contributed by atoms with van der Waals surface area (Å²) in [5, 5.41) is 15.3. The summed E-state index contributed by atoms with van der Waals surface area (Å²) in [6, 6.07) is 5.31. The molecule has 7 heteroatoms. The highest BCUT2D eigenvalue weighted by atomic mass is 35.5. The Bertz CT molecular complexity index is 524. The number of carbonyl (C=O) groups is 1. The number of halogens is 1. The lowest BCUT2D eigenvalue weighted by Crippen LogP contribution is -2.38. The van der Waals surface area contributed by atoms with E-state index in [1.54, 1.807) is 6.07 Å². The molecule has 0 spiro atoms. The highest BCUT2D eigenvalue weighted by Gasteiger charge is 2.15. The van der Waals surface area contributed by atoms with Crippen LogP contribution in [0.15, 0.2) is 18.2 Å². The fraction of sp³-hybridized carbons (Fsp3) is 0.562. The van der Waals surface area contributed by atoms with E-state index >= 15 is 0 Å². The molecule has 0 radical (unpaired) electrons. The molecule has 23 heavy (non-hydrogen) atoms. The Balaban J connectivity index is 1.95. The summed E-state index contributed by atoms with van der Waals surface area (Å²) >= 11 is 8.33. The average Bonchev–Trinajstić information content (AvgIpc) is 2.55. The van der Waals surface area contributed by atoms with Crippen molar-refractivity contribution < 1.29 is 9.90 Å². The van der Waals surface area contributed by atoms with Gasteiger partial charge >= 0.3 is 6.03 Å². The molecule has 0 saturated carbocycles. The van der Waals surface area contributed by atoms with Gasteiger partial charge in [-0.1, -0.05) is 18.5 Å². The number of benzene rings is 1. The first kappa shape index (κ1) is 18.2. The van der Waals surface area contributed by atoms with Gasteiger partial charge in [0, 0.05) is 42.9 Å². The van der Waals surface area contributed by atoms with Gasteiger partial charge in [-0.15, -0.1) is 0 Å². The minimum atomic E-state index is -0.275. The van der Waals surface area contributed by atoms with Crippen molar-refractivity contribution in [2.24, 2.45) is 0 Å². The Kier molecular flexibility index (Phi) is 7.33. The lowest BCUT2D eigenvalue weighted by Gasteiger charge is -2.29. The van der Waals surface area contributed by atoms with Crippen LogP contribution < -0.4 is 15.5 Å². The maximum Gasteiger partial charge on any atom is 0.319 e. The monoisotopic (exact) mass is 357 g/mol. The van der Waals surface area contributed by atoms with Crippen LogP contribution in [0, 0.1) is 0 Å². The summed E-state index contributed by atoms with van der Waals surface area (Å²) in [5.74, 6) is 2.23. The molecule has 5 nitrogen and oxygen atoms in total. The van der Waals surface area contributed by atoms with Crippen LogP contribution in [0.2, 0.25) is 5.02 Å². The number of nitrogens with one attached hydrogen (secondary N) is 2. The minimum absolute atomic E-state index is 0.0272. The molecule has 1 aromatic carbocycles. The van der Waals surface area contributed by atoms with E-state index in [4.69, 9.17) is 16.7 Å². The maximum atomic E-state index is 12.0. The molecule has 1 fully saturated rings. The first-order valence-electron chi connectivity index (χ1n) is 7.94. The van der Waals surface area contributed by atoms with Crippen molar-refractivity contribution in [1.29, 1.82) is 0 Å². The van der Waals surface area contributed by atoms with Crippen LogP contribution in [0.1, 0.15) is 19.8 Å². The van der Waals surface area contributed by atoms with Crippen molar-refractivity contribution in [3.63, 3.8) is 0 Å². The number of carbonyl (C=O) groups excluding carboxylic acids is 1. The molecule has 1 aromatic rings. The predicted octanol–water partition coefficient (Wildman–Crippen LogP) is 3.18. The zero-order chi connectivity index (χ0) is 16.7. The Morgan fingerprint density at radius 1 is 1.43 bits per heavy atom. The van der Waals surface area contributed by atoms with Gasteiger partial charge in [0.1, 0.15) is 0 Å². The van der Waals surface area contributed by atoms with E-state index < -0.39 is 0 Å². The van der Waals surface area contributed by atoms with E-state index in [2.05, 4.69) is 15.5 Å². The molecule has 0 bridgehead atoms. The van der Waals surface area contributed by atoms with Crippen LogP contribution in [0.4, 0.5) is 16.2 Å². The zero-order valence-corrected chi connectivity index (χ0v) is 14.9. The Morgan fingerprint density at radius 2 is 2.17 bits per heavy atom. The third-order valence-corrected chi connectivity index (χ3v) is 5.11. The molecule has 1 saturated heterocycles. The second-order valence-electron chi connectivity index (χ2n) is 5.48. The number of rotatable bonds is 6. The highest BCUT2D eigenvalue weighted by molar-refractivity contribution is 7.99. The van der Waals surface area contributed by atoms with Gasteiger partial charge in [-0.2, -0.15) is 11.8 Å². The van der Waals surface area contributed by atoms with Gasteiger partial charge in [-0.05, 0) is 31.0 Å². The zero-order valence-electron chi connectivity index (χ0n) is 13.3. The van der Waals surface area contributed by atoms with Crippen molar-refractivity contribution in [3.8, 4) is 0 Å². The van der Waals surface area contributed by atoms with E-state index in [9.17, 15) is 4.79 Å². The van der Waals surface area contributed by atoms with E-state index in [1.165, 1.54) is 0 Å². The Labute approximate surface area is 146 Å². The van der Waals surface area contributed by atoms with Crippen LogP contribution in [0.3, 0.4) is 0 Å². The molecule has 1 aliphatic heterocycles. The van der Waals surface area contributed by atoms with Gasteiger partial charge in [-0.25, -0.2) is 4.79 Å². The number of anilines is 2. The third kappa shape index (κ3) is 5.48. The summed E-state index contributed by atoms with van der Waals surface area (Å²) in [6.07, 6.45) is 1.33. The van der Waals surface area contributed by atoms with Crippen LogP contribution in [0.25, 0.3) is 0 Å². The topological polar surface area (TPSA) is 64.6 Å². The summed E-state index contributed by atoms with van der Waals surface area (Å²) in [7, 11) is 0. The number of urea groups is 1. The second kappa shape index (κ2) is 9.25. The molecule has 1 aliphatic rings. The number of hydrogen-bond acceptors (Lipinski definition) is 4. The van der Waals surface area contributed by atoms with E-state index in [0.717, 1.165) is 36.7 Å². The highest BCUT2D eigenvalue weighted by Crippen LogP contribution is 2.30. The van der Waals surface area contributed by atoms with Gasteiger partial charge in [-0.3, -0.25) is 0 Å². The largest absolute Gasteiger partial charge is 0.396 e. The van der Waals surface area contributed by atoms with E-state index in [1.807, 2.05) is 30.8 Å². The van der Waals surface area contributed by atoms with Gasteiger partial charge in [0.25, 0.3) is 0 Å². The molecular formula is C16H24ClN3O2S. The molecule has 2 rings (SSSR count). The molecule has 0 aromatic heterocycles. The SMILES string of the molecule is CCC(CCO)NC(=O)Nc1ccc(N2CCSCC2)c(Cl)c1. The first-order valence-corrected chi connectivity index (χ1v) is 9.48. The normalized spacial score (nSPS) is 16.0. The molecule has 1 unspecified atom stereocenters. The molecule has 0 aliphatic carbocycles. The number of aliphatic hydroxyl groups excluding tert-OH is 1. The summed E-state index contributed by atoms with van der Waals surface area (Å²) < 4.78 is 0. The lowest BCUT2D eigenvalue weighted by atomic mass is 10.1. The number of nitrogens with zero attached hydrogens (tertiary/aromatic N) is 1. The van der Waals surface area contributed by atoms with Crippen molar-refractivity contribution >= 4 is 40.8 Å². The molecule has 1 heterocycles. The fourth-order valence-electron chi connectivity index (χ4n) is 2.53. The smallest absolute Gasteiger partial charge is 0.319 e. The second-order valence-corrected chi connectivity index (χ2v) is 7.11. The molecule has 2 amide bonds. The number of aliphatic hydroxyl groups is 1. The van der Waals surface area contributed by atoms with Gasteiger partial charge in [0.05, 0.1) is 10.7 Å². The third-order valence-electron chi connectivity index (χ3n) is 3.86. The van der Waals surface area contributed by atoms with Crippen molar-refractivity contribution in [3.05, 3.63) is 23.2 Å². The van der Waals surface area contributed by atoms with Gasteiger partial charge < -0.3 is 20.6 Å². The number of amides is 2. The van der Waals surface area contributed by atoms with Crippen molar-refractivity contribution in [2.45, 2.75) is 25.8 Å². The fourth-order valence-corrected chi connectivity index (χ4v) is 3.74. The molecule has 128 valence electrons. The summed E-state index contributed by atoms with van der Waals surface area (Å²) in [6.45, 7) is 4.03. The van der Waals surface area contributed by atoms with E-state index in [0.29, 0.717) is 17.1 Å². The molecule has 3 N–H and O–H groups in total. The Morgan fingerprint density at radius 3 is 2.78 bits per heavy atom. The number of thioether (sulfide) groups is 1. The van der Waals surface area contributed by atoms with Crippen LogP contribution in [0.5, 0.6) is 0 Å². The molecule has 1 atom stereocenters. The molecular weight excluding hydrogens is 334 g/mol. The average molecular weight is 358 g/mol. The van der Waals surface area contributed by atoms with E-state index in [-0.39, 0.29) is 18.7 Å². The quantitative estimate of drug-likeness (QED) is 0.731. The minimum Gasteiger partial charge on any atom is -0.396 e. The van der Waals surface area contributed by atoms with Crippen LogP contribution in [-0.4, -0.2) is 48.4 Å². The van der Waals surface area contributed by atoms with Crippen molar-refractivity contribution in [1.82, 2.24) is 5.32 Å².